The van der Waals surface area contributed by atoms with Gasteiger partial charge in [0.2, 0.25) is 11.8 Å². The summed E-state index contributed by atoms with van der Waals surface area (Å²) in [6.45, 7) is 4.24. The molecule has 2 atom stereocenters. The molecule has 0 spiro atoms. The maximum atomic E-state index is 12.1. The van der Waals surface area contributed by atoms with Crippen LogP contribution in [0.3, 0.4) is 0 Å². The lowest BCUT2D eigenvalue weighted by Crippen LogP contribution is -2.42. The molecule has 0 saturated carbocycles. The van der Waals surface area contributed by atoms with E-state index in [0.29, 0.717) is 12.3 Å². The van der Waals surface area contributed by atoms with Crippen LogP contribution in [0.4, 0.5) is 0 Å². The zero-order valence-corrected chi connectivity index (χ0v) is 10.5. The smallest absolute Gasteiger partial charge is 0.247 e. The minimum absolute atomic E-state index is 0.0397. The second-order valence-electron chi connectivity index (χ2n) is 4.48. The highest BCUT2D eigenvalue weighted by atomic mass is 16.5. The number of carbonyl (C=O) groups is 2. The summed E-state index contributed by atoms with van der Waals surface area (Å²) in [4.78, 5) is 25.2. The Balaban J connectivity index is 1.95. The Hall–Kier alpha value is -1.69. The van der Waals surface area contributed by atoms with Crippen LogP contribution in [0.2, 0.25) is 0 Å². The van der Waals surface area contributed by atoms with Crippen LogP contribution in [0.5, 0.6) is 0 Å². The van der Waals surface area contributed by atoms with E-state index in [1.54, 1.807) is 12.3 Å². The Morgan fingerprint density at radius 1 is 1.61 bits per heavy atom. The number of rotatable bonds is 5. The molecule has 6 nitrogen and oxygen atoms in total. The lowest BCUT2D eigenvalue weighted by molar-refractivity contribution is -0.141. The van der Waals surface area contributed by atoms with Crippen molar-refractivity contribution in [2.75, 3.05) is 0 Å². The van der Waals surface area contributed by atoms with Gasteiger partial charge in [-0.25, -0.2) is 0 Å². The van der Waals surface area contributed by atoms with Gasteiger partial charge in [-0.2, -0.15) is 0 Å². The summed E-state index contributed by atoms with van der Waals surface area (Å²) >= 11 is 0. The lowest BCUT2D eigenvalue weighted by atomic mass is 10.2. The summed E-state index contributed by atoms with van der Waals surface area (Å²) in [6, 6.07) is 1.24. The molecule has 18 heavy (non-hydrogen) atoms. The molecule has 0 aromatic carbocycles. The van der Waals surface area contributed by atoms with Crippen LogP contribution in [0.25, 0.3) is 0 Å². The van der Waals surface area contributed by atoms with Gasteiger partial charge in [0.15, 0.2) is 0 Å². The van der Waals surface area contributed by atoms with Gasteiger partial charge >= 0.3 is 0 Å². The maximum Gasteiger partial charge on any atom is 0.247 e. The average molecular weight is 251 g/mol. The summed E-state index contributed by atoms with van der Waals surface area (Å²) in [5.41, 5.74) is 0. The van der Waals surface area contributed by atoms with Crippen molar-refractivity contribution < 1.29 is 14.1 Å². The van der Waals surface area contributed by atoms with E-state index in [1.165, 1.54) is 4.90 Å². The molecular weight excluding hydrogens is 234 g/mol. The monoisotopic (exact) mass is 251 g/mol. The molecule has 2 amide bonds. The van der Waals surface area contributed by atoms with Gasteiger partial charge in [0.05, 0.1) is 25.2 Å². The first-order chi connectivity index (χ1) is 8.63. The van der Waals surface area contributed by atoms with E-state index in [9.17, 15) is 9.59 Å². The van der Waals surface area contributed by atoms with Gasteiger partial charge in [-0.3, -0.25) is 19.8 Å². The van der Waals surface area contributed by atoms with Gasteiger partial charge in [-0.15, -0.1) is 0 Å². The molecule has 2 heterocycles. The largest absolute Gasteiger partial charge is 0.360 e. The number of likely N-dealkylation sites (tertiary alicyclic amines) is 1. The van der Waals surface area contributed by atoms with Crippen LogP contribution >= 0.6 is 0 Å². The van der Waals surface area contributed by atoms with Crippen molar-refractivity contribution in [2.24, 2.45) is 0 Å². The molecular formula is C12H17N3O3. The zero-order valence-electron chi connectivity index (χ0n) is 10.5. The molecule has 0 bridgehead atoms. The number of aromatic nitrogens is 1. The van der Waals surface area contributed by atoms with Crippen molar-refractivity contribution in [3.05, 3.63) is 18.0 Å². The minimum atomic E-state index is -0.448. The summed E-state index contributed by atoms with van der Waals surface area (Å²) in [7, 11) is 0. The van der Waals surface area contributed by atoms with Crippen LogP contribution in [-0.2, 0) is 16.1 Å². The van der Waals surface area contributed by atoms with Gasteiger partial charge in [-0.1, -0.05) is 12.1 Å². The molecule has 98 valence electrons. The number of amides is 2. The summed E-state index contributed by atoms with van der Waals surface area (Å²) in [6.07, 6.45) is 2.54. The fraction of sp³-hybridized carbons (Fsp3) is 0.583. The van der Waals surface area contributed by atoms with E-state index in [2.05, 4.69) is 10.5 Å². The van der Waals surface area contributed by atoms with E-state index < -0.39 is 6.04 Å². The van der Waals surface area contributed by atoms with Crippen molar-refractivity contribution in [1.82, 2.24) is 15.4 Å². The normalized spacial score (nSPS) is 21.7. The molecule has 1 aliphatic heterocycles. The third-order valence-corrected chi connectivity index (χ3v) is 3.23. The molecule has 0 radical (unpaired) electrons. The summed E-state index contributed by atoms with van der Waals surface area (Å²) < 4.78 is 4.93. The number of nitrogens with zero attached hydrogens (tertiary/aromatic N) is 2. The van der Waals surface area contributed by atoms with E-state index in [0.717, 1.165) is 6.42 Å². The van der Waals surface area contributed by atoms with Crippen LogP contribution in [-0.4, -0.2) is 34.0 Å². The second kappa shape index (κ2) is 5.30. The van der Waals surface area contributed by atoms with Gasteiger partial charge in [0, 0.05) is 12.1 Å². The highest BCUT2D eigenvalue weighted by Crippen LogP contribution is 2.18. The Morgan fingerprint density at radius 2 is 2.39 bits per heavy atom. The number of carbonyl (C=O) groups excluding carboxylic acids is 2. The van der Waals surface area contributed by atoms with Crippen LogP contribution in [0.1, 0.15) is 32.4 Å². The van der Waals surface area contributed by atoms with Gasteiger partial charge in [-0.05, 0) is 13.3 Å². The third kappa shape index (κ3) is 2.43. The average Bonchev–Trinajstić information content (AvgIpc) is 2.95. The molecule has 2 rings (SSSR count). The topological polar surface area (TPSA) is 75.4 Å². The number of nitrogens with one attached hydrogen (secondary N) is 1. The van der Waals surface area contributed by atoms with Gasteiger partial charge < -0.3 is 4.52 Å². The molecule has 1 N–H and O–H groups in total. The first kappa shape index (κ1) is 12.8. The highest BCUT2D eigenvalue weighted by Gasteiger charge is 2.40. The predicted molar refractivity (Wildman–Crippen MR) is 63.4 cm³/mol. The number of imide groups is 1. The Morgan fingerprint density at radius 3 is 3.00 bits per heavy atom. The van der Waals surface area contributed by atoms with E-state index >= 15 is 0 Å². The van der Waals surface area contributed by atoms with Crippen LogP contribution in [0, 0.1) is 0 Å². The van der Waals surface area contributed by atoms with Crippen molar-refractivity contribution in [3.63, 3.8) is 0 Å². The van der Waals surface area contributed by atoms with E-state index in [4.69, 9.17) is 4.52 Å². The lowest BCUT2D eigenvalue weighted by Gasteiger charge is -2.21. The fourth-order valence-electron chi connectivity index (χ4n) is 2.01. The van der Waals surface area contributed by atoms with Crippen LogP contribution in [0.15, 0.2) is 16.8 Å². The first-order valence-electron chi connectivity index (χ1n) is 6.12. The van der Waals surface area contributed by atoms with Crippen molar-refractivity contribution in [1.29, 1.82) is 0 Å². The SMILES string of the molecule is CCC(C)N1C(=O)CC(NCc2ccno2)C1=O. The quantitative estimate of drug-likeness (QED) is 0.779. The molecule has 6 heteroatoms. The van der Waals surface area contributed by atoms with Crippen molar-refractivity contribution >= 4 is 11.8 Å². The van der Waals surface area contributed by atoms with E-state index in [-0.39, 0.29) is 24.3 Å². The van der Waals surface area contributed by atoms with E-state index in [1.807, 2.05) is 13.8 Å². The number of hydrogen-bond donors (Lipinski definition) is 1. The molecule has 1 aromatic heterocycles. The number of hydrogen-bond acceptors (Lipinski definition) is 5. The van der Waals surface area contributed by atoms with Gasteiger partial charge in [0.25, 0.3) is 0 Å². The van der Waals surface area contributed by atoms with Crippen LogP contribution < -0.4 is 5.32 Å². The maximum absolute atomic E-state index is 12.1. The van der Waals surface area contributed by atoms with Gasteiger partial charge in [0.1, 0.15) is 5.76 Å². The fourth-order valence-corrected chi connectivity index (χ4v) is 2.01. The molecule has 1 aliphatic rings. The standard InChI is InChI=1S/C12H17N3O3/c1-3-8(2)15-11(16)6-10(12(15)17)13-7-9-4-5-14-18-9/h4-5,8,10,13H,3,6-7H2,1-2H3. The molecule has 0 aliphatic carbocycles. The summed E-state index contributed by atoms with van der Waals surface area (Å²) in [5, 5.41) is 6.61. The molecule has 1 saturated heterocycles. The first-order valence-corrected chi connectivity index (χ1v) is 6.12. The van der Waals surface area contributed by atoms with Crippen molar-refractivity contribution in [3.8, 4) is 0 Å². The minimum Gasteiger partial charge on any atom is -0.360 e. The van der Waals surface area contributed by atoms with Crippen molar-refractivity contribution in [2.45, 2.75) is 45.3 Å². The molecule has 1 fully saturated rings. The molecule has 1 aromatic rings. The Labute approximate surface area is 105 Å². The summed E-state index contributed by atoms with van der Waals surface area (Å²) in [5.74, 6) is 0.399. The molecule has 2 unspecified atom stereocenters. The Bertz CT molecular complexity index is 430. The Kier molecular flexibility index (Phi) is 3.76. The zero-order chi connectivity index (χ0) is 13.1. The highest BCUT2D eigenvalue weighted by molar-refractivity contribution is 6.05. The third-order valence-electron chi connectivity index (χ3n) is 3.23. The predicted octanol–water partition coefficient (Wildman–Crippen LogP) is 0.690. The second-order valence-corrected chi connectivity index (χ2v) is 4.48.